The highest BCUT2D eigenvalue weighted by atomic mass is 19.2. The molecule has 2 rings (SSSR count). The van der Waals surface area contributed by atoms with Crippen LogP contribution in [0.25, 0.3) is 0 Å². The van der Waals surface area contributed by atoms with Gasteiger partial charge in [0.25, 0.3) is 0 Å². The van der Waals surface area contributed by atoms with E-state index >= 15 is 0 Å². The van der Waals surface area contributed by atoms with E-state index < -0.39 is 45.6 Å². The summed E-state index contributed by atoms with van der Waals surface area (Å²) < 4.78 is 81.3. The molecule has 0 atom stereocenters. The summed E-state index contributed by atoms with van der Waals surface area (Å²) in [7, 11) is 0. The van der Waals surface area contributed by atoms with E-state index in [1.807, 2.05) is 0 Å². The van der Waals surface area contributed by atoms with Gasteiger partial charge in [0, 0.05) is 5.69 Å². The lowest BCUT2D eigenvalue weighted by Crippen LogP contribution is -2.46. The lowest BCUT2D eigenvalue weighted by molar-refractivity contribution is 0.295. The number of hydrogen-bond acceptors (Lipinski definition) is 2. The minimum Gasteiger partial charge on any atom is -0.361 e. The zero-order valence-corrected chi connectivity index (χ0v) is 12.1. The first-order chi connectivity index (χ1) is 10.7. The van der Waals surface area contributed by atoms with Gasteiger partial charge in [-0.15, -0.1) is 0 Å². The third-order valence-corrected chi connectivity index (χ3v) is 3.10. The van der Waals surface area contributed by atoms with E-state index in [0.29, 0.717) is 5.69 Å². The van der Waals surface area contributed by atoms with Crippen LogP contribution in [0.3, 0.4) is 0 Å². The van der Waals surface area contributed by atoms with Gasteiger partial charge in [-0.25, -0.2) is 22.0 Å². The van der Waals surface area contributed by atoms with Gasteiger partial charge < -0.3 is 5.32 Å². The molecule has 0 aliphatic heterocycles. The van der Waals surface area contributed by atoms with E-state index in [1.54, 1.807) is 30.3 Å². The van der Waals surface area contributed by atoms with Gasteiger partial charge in [-0.3, -0.25) is 0 Å². The fourth-order valence-electron chi connectivity index (χ4n) is 1.97. The van der Waals surface area contributed by atoms with Crippen molar-refractivity contribution in [1.29, 1.82) is 0 Å². The van der Waals surface area contributed by atoms with Gasteiger partial charge in [0.2, 0.25) is 5.82 Å². The summed E-state index contributed by atoms with van der Waals surface area (Å²) in [6, 6.07) is 8.04. The van der Waals surface area contributed by atoms with Gasteiger partial charge in [-0.2, -0.15) is 5.12 Å². The van der Waals surface area contributed by atoms with Crippen molar-refractivity contribution in [2.75, 3.05) is 10.4 Å². The molecular formula is C15H12F6N2. The molecule has 1 N–H and O–H groups in total. The summed E-state index contributed by atoms with van der Waals surface area (Å²) in [5, 5.41) is 2.07. The Morgan fingerprint density at radius 3 is 1.70 bits per heavy atom. The van der Waals surface area contributed by atoms with E-state index in [9.17, 15) is 26.4 Å². The first-order valence-electron chi connectivity index (χ1n) is 6.47. The molecule has 2 aromatic carbocycles. The number of benzene rings is 2. The molecule has 0 bridgehead atoms. The van der Waals surface area contributed by atoms with Crippen LogP contribution in [0, 0.1) is 29.1 Å². The SMILES string of the molecule is CC(C)(Nc1ccccc1)N(F)c1c(F)c(F)c(F)c(F)c1F. The molecule has 0 unspecified atom stereocenters. The molecule has 0 fully saturated rings. The van der Waals surface area contributed by atoms with Gasteiger partial charge in [-0.05, 0) is 26.0 Å². The third-order valence-electron chi connectivity index (χ3n) is 3.10. The Kier molecular flexibility index (Phi) is 4.44. The number of hydrogen-bond donors (Lipinski definition) is 1. The molecular weight excluding hydrogens is 322 g/mol. The quantitative estimate of drug-likeness (QED) is 0.281. The van der Waals surface area contributed by atoms with Crippen LogP contribution in [0.15, 0.2) is 30.3 Å². The Hall–Kier alpha value is -2.38. The maximum atomic E-state index is 14.4. The Morgan fingerprint density at radius 2 is 1.22 bits per heavy atom. The number of para-hydroxylation sites is 1. The second kappa shape index (κ2) is 6.02. The second-order valence-corrected chi connectivity index (χ2v) is 5.25. The minimum atomic E-state index is -2.34. The monoisotopic (exact) mass is 334 g/mol. The summed E-state index contributed by atoms with van der Waals surface area (Å²) in [6.45, 7) is 2.36. The van der Waals surface area contributed by atoms with Crippen molar-refractivity contribution in [2.45, 2.75) is 19.5 Å². The predicted octanol–water partition coefficient (Wildman–Crippen LogP) is 4.92. The predicted molar refractivity (Wildman–Crippen MR) is 74.0 cm³/mol. The summed E-state index contributed by atoms with van der Waals surface area (Å²) in [5.74, 6) is -11.3. The Labute approximate surface area is 128 Å². The molecule has 0 aromatic heterocycles. The molecule has 0 saturated heterocycles. The molecule has 0 amide bonds. The topological polar surface area (TPSA) is 15.3 Å². The zero-order chi connectivity index (χ0) is 17.4. The van der Waals surface area contributed by atoms with Gasteiger partial charge in [0.15, 0.2) is 23.3 Å². The third kappa shape index (κ3) is 3.06. The minimum absolute atomic E-state index is 0.393. The Bertz CT molecular complexity index is 689. The summed E-state index contributed by atoms with van der Waals surface area (Å²) in [5.41, 5.74) is -3.06. The average molecular weight is 334 g/mol. The van der Waals surface area contributed by atoms with Crippen LogP contribution in [-0.4, -0.2) is 5.66 Å². The van der Waals surface area contributed by atoms with Crippen LogP contribution in [0.5, 0.6) is 0 Å². The van der Waals surface area contributed by atoms with Crippen molar-refractivity contribution >= 4 is 11.4 Å². The van der Waals surface area contributed by atoms with Crippen molar-refractivity contribution in [1.82, 2.24) is 0 Å². The lowest BCUT2D eigenvalue weighted by atomic mass is 10.1. The number of nitrogens with zero attached hydrogens (tertiary/aromatic N) is 1. The summed E-state index contributed by atoms with van der Waals surface area (Å²) >= 11 is 0. The van der Waals surface area contributed by atoms with Crippen LogP contribution >= 0.6 is 0 Å². The first-order valence-corrected chi connectivity index (χ1v) is 6.47. The van der Waals surface area contributed by atoms with Crippen LogP contribution in [0.1, 0.15) is 13.8 Å². The maximum absolute atomic E-state index is 14.4. The van der Waals surface area contributed by atoms with Gasteiger partial charge in [0.1, 0.15) is 11.4 Å². The highest BCUT2D eigenvalue weighted by Crippen LogP contribution is 2.34. The zero-order valence-electron chi connectivity index (χ0n) is 12.1. The smallest absolute Gasteiger partial charge is 0.200 e. The molecule has 2 aromatic rings. The normalized spacial score (nSPS) is 11.5. The molecule has 8 heteroatoms. The van der Waals surface area contributed by atoms with Crippen LogP contribution in [-0.2, 0) is 0 Å². The van der Waals surface area contributed by atoms with Crippen molar-refractivity contribution in [3.63, 3.8) is 0 Å². The van der Waals surface area contributed by atoms with Crippen LogP contribution in [0.4, 0.5) is 37.8 Å². The molecule has 0 aliphatic carbocycles. The van der Waals surface area contributed by atoms with Crippen molar-refractivity contribution < 1.29 is 26.4 Å². The molecule has 0 radical (unpaired) electrons. The highest BCUT2D eigenvalue weighted by Gasteiger charge is 2.36. The number of nitrogens with one attached hydrogen (secondary N) is 1. The fourth-order valence-corrected chi connectivity index (χ4v) is 1.97. The number of rotatable bonds is 4. The number of halogens is 6. The van der Waals surface area contributed by atoms with Crippen LogP contribution < -0.4 is 10.4 Å². The maximum Gasteiger partial charge on any atom is 0.200 e. The van der Waals surface area contributed by atoms with E-state index in [4.69, 9.17) is 0 Å². The fraction of sp³-hybridized carbons (Fsp3) is 0.200. The average Bonchev–Trinajstić information content (AvgIpc) is 2.51. The Balaban J connectivity index is 2.45. The largest absolute Gasteiger partial charge is 0.361 e. The van der Waals surface area contributed by atoms with Crippen LogP contribution in [0.2, 0.25) is 0 Å². The molecule has 0 heterocycles. The molecule has 0 saturated carbocycles. The van der Waals surface area contributed by atoms with E-state index in [2.05, 4.69) is 5.32 Å². The van der Waals surface area contributed by atoms with Crippen molar-refractivity contribution in [2.24, 2.45) is 0 Å². The second-order valence-electron chi connectivity index (χ2n) is 5.25. The van der Waals surface area contributed by atoms with Gasteiger partial charge in [0.05, 0.1) is 0 Å². The van der Waals surface area contributed by atoms with Crippen molar-refractivity contribution in [3.05, 3.63) is 59.4 Å². The molecule has 0 aliphatic rings. The highest BCUT2D eigenvalue weighted by molar-refractivity contribution is 5.54. The lowest BCUT2D eigenvalue weighted by Gasteiger charge is -2.34. The molecule has 2 nitrogen and oxygen atoms in total. The molecule has 0 spiro atoms. The van der Waals surface area contributed by atoms with E-state index in [0.717, 1.165) is 0 Å². The Morgan fingerprint density at radius 1 is 0.783 bits per heavy atom. The standard InChI is InChI=1S/C15H12F6N2/c1-15(2,22-8-6-4-3-5-7-8)23(21)14-12(19)10(17)9(16)11(18)13(14)20/h3-7,22H,1-2H3. The number of anilines is 2. The van der Waals surface area contributed by atoms with Crippen molar-refractivity contribution in [3.8, 4) is 0 Å². The summed E-state index contributed by atoms with van der Waals surface area (Å²) in [6.07, 6.45) is 0. The first kappa shape index (κ1) is 17.0. The van der Waals surface area contributed by atoms with Gasteiger partial charge >= 0.3 is 0 Å². The van der Waals surface area contributed by atoms with Gasteiger partial charge in [-0.1, -0.05) is 22.7 Å². The van der Waals surface area contributed by atoms with E-state index in [-0.39, 0.29) is 0 Å². The summed E-state index contributed by atoms with van der Waals surface area (Å²) in [4.78, 5) is 0. The van der Waals surface area contributed by atoms with E-state index in [1.165, 1.54) is 13.8 Å². The molecule has 23 heavy (non-hydrogen) atoms. The molecule has 124 valence electrons.